The molecule has 1 aromatic rings. The largest absolute Gasteiger partial charge is 0.310 e. The molecule has 82 valence electrons. The summed E-state index contributed by atoms with van der Waals surface area (Å²) in [6.07, 6.45) is 10.7. The fourth-order valence-electron chi connectivity index (χ4n) is 1.83. The molecule has 1 unspecified atom stereocenters. The summed E-state index contributed by atoms with van der Waals surface area (Å²) >= 11 is 0. The summed E-state index contributed by atoms with van der Waals surface area (Å²) in [4.78, 5) is 8.18. The summed E-state index contributed by atoms with van der Waals surface area (Å²) < 4.78 is 0. The van der Waals surface area contributed by atoms with Crippen molar-refractivity contribution in [3.8, 4) is 0 Å². The summed E-state index contributed by atoms with van der Waals surface area (Å²) in [5.41, 5.74) is 1.23. The standard InChI is InChI=1S/C12H19N3/c1-2-5-15-12(6-10-3-4-10)11-7-13-9-14-8-11/h7-10,12,15H,2-6H2,1H3. The Morgan fingerprint density at radius 2 is 2.13 bits per heavy atom. The second kappa shape index (κ2) is 5.21. The summed E-state index contributed by atoms with van der Waals surface area (Å²) in [5.74, 6) is 0.930. The van der Waals surface area contributed by atoms with Gasteiger partial charge in [0.25, 0.3) is 0 Å². The average molecular weight is 205 g/mol. The van der Waals surface area contributed by atoms with Gasteiger partial charge in [0.1, 0.15) is 6.33 Å². The van der Waals surface area contributed by atoms with E-state index >= 15 is 0 Å². The van der Waals surface area contributed by atoms with E-state index < -0.39 is 0 Å². The van der Waals surface area contributed by atoms with Crippen LogP contribution in [-0.4, -0.2) is 16.5 Å². The summed E-state index contributed by atoms with van der Waals surface area (Å²) in [5, 5.41) is 3.58. The quantitative estimate of drug-likeness (QED) is 0.774. The molecule has 0 bridgehead atoms. The molecule has 1 N–H and O–H groups in total. The van der Waals surface area contributed by atoms with E-state index in [9.17, 15) is 0 Å². The van der Waals surface area contributed by atoms with Gasteiger partial charge in [-0.1, -0.05) is 19.8 Å². The summed E-state index contributed by atoms with van der Waals surface area (Å²) in [6, 6.07) is 0.457. The van der Waals surface area contributed by atoms with Crippen LogP contribution < -0.4 is 5.32 Å². The Morgan fingerprint density at radius 3 is 2.73 bits per heavy atom. The van der Waals surface area contributed by atoms with Crippen molar-refractivity contribution < 1.29 is 0 Å². The lowest BCUT2D eigenvalue weighted by Crippen LogP contribution is -2.22. The molecule has 0 radical (unpaired) electrons. The van der Waals surface area contributed by atoms with Gasteiger partial charge in [0, 0.05) is 24.0 Å². The molecule has 1 atom stereocenters. The lowest BCUT2D eigenvalue weighted by Gasteiger charge is -2.17. The van der Waals surface area contributed by atoms with Crippen molar-refractivity contribution in [1.29, 1.82) is 0 Å². The first-order chi connectivity index (χ1) is 7.40. The fraction of sp³-hybridized carbons (Fsp3) is 0.667. The highest BCUT2D eigenvalue weighted by Gasteiger charge is 2.26. The molecule has 3 heteroatoms. The zero-order valence-corrected chi connectivity index (χ0v) is 9.32. The van der Waals surface area contributed by atoms with Gasteiger partial charge in [-0.15, -0.1) is 0 Å². The van der Waals surface area contributed by atoms with Crippen molar-refractivity contribution in [2.45, 2.75) is 38.6 Å². The third kappa shape index (κ3) is 3.27. The van der Waals surface area contributed by atoms with E-state index in [1.54, 1.807) is 6.33 Å². The highest BCUT2D eigenvalue weighted by Crippen LogP contribution is 2.37. The molecule has 3 nitrogen and oxygen atoms in total. The molecule has 2 rings (SSSR count). The number of rotatable bonds is 6. The van der Waals surface area contributed by atoms with Crippen LogP contribution in [0.2, 0.25) is 0 Å². The Labute approximate surface area is 91.3 Å². The highest BCUT2D eigenvalue weighted by molar-refractivity contribution is 5.10. The maximum atomic E-state index is 4.09. The summed E-state index contributed by atoms with van der Waals surface area (Å²) in [6.45, 7) is 3.27. The first-order valence-electron chi connectivity index (χ1n) is 5.88. The second-order valence-corrected chi connectivity index (χ2v) is 4.36. The van der Waals surface area contributed by atoms with Gasteiger partial charge in [-0.2, -0.15) is 0 Å². The Balaban J connectivity index is 1.96. The smallest absolute Gasteiger partial charge is 0.115 e. The number of hydrogen-bond donors (Lipinski definition) is 1. The lowest BCUT2D eigenvalue weighted by atomic mass is 10.0. The minimum atomic E-state index is 0.457. The molecule has 0 amide bonds. The summed E-state index contributed by atoms with van der Waals surface area (Å²) in [7, 11) is 0. The molecule has 15 heavy (non-hydrogen) atoms. The van der Waals surface area contributed by atoms with Gasteiger partial charge in [0.2, 0.25) is 0 Å². The first-order valence-corrected chi connectivity index (χ1v) is 5.88. The SMILES string of the molecule is CCCNC(CC1CC1)c1cncnc1. The second-order valence-electron chi connectivity index (χ2n) is 4.36. The predicted octanol–water partition coefficient (Wildman–Crippen LogP) is 2.32. The minimum absolute atomic E-state index is 0.457. The topological polar surface area (TPSA) is 37.8 Å². The van der Waals surface area contributed by atoms with Crippen LogP contribution in [0.3, 0.4) is 0 Å². The van der Waals surface area contributed by atoms with Crippen LogP contribution >= 0.6 is 0 Å². The van der Waals surface area contributed by atoms with Gasteiger partial charge in [-0.25, -0.2) is 9.97 Å². The normalized spacial score (nSPS) is 17.7. The highest BCUT2D eigenvalue weighted by atomic mass is 14.9. The molecule has 0 aromatic carbocycles. The van der Waals surface area contributed by atoms with Crippen molar-refractivity contribution in [2.75, 3.05) is 6.54 Å². The zero-order valence-electron chi connectivity index (χ0n) is 9.32. The zero-order chi connectivity index (χ0) is 10.5. The van der Waals surface area contributed by atoms with E-state index in [0.29, 0.717) is 6.04 Å². The van der Waals surface area contributed by atoms with Gasteiger partial charge in [-0.3, -0.25) is 0 Å². The van der Waals surface area contributed by atoms with E-state index in [2.05, 4.69) is 22.2 Å². The molecular weight excluding hydrogens is 186 g/mol. The van der Waals surface area contributed by atoms with Crippen LogP contribution in [0, 0.1) is 5.92 Å². The monoisotopic (exact) mass is 205 g/mol. The van der Waals surface area contributed by atoms with Crippen molar-refractivity contribution in [3.05, 3.63) is 24.3 Å². The number of nitrogens with one attached hydrogen (secondary N) is 1. The molecule has 0 spiro atoms. The van der Waals surface area contributed by atoms with Gasteiger partial charge in [0.15, 0.2) is 0 Å². The Hall–Kier alpha value is -0.960. The number of hydrogen-bond acceptors (Lipinski definition) is 3. The molecule has 0 aliphatic heterocycles. The first kappa shape index (κ1) is 10.6. The van der Waals surface area contributed by atoms with E-state index in [1.807, 2.05) is 12.4 Å². The molecular formula is C12H19N3. The van der Waals surface area contributed by atoms with E-state index in [0.717, 1.165) is 12.5 Å². The Kier molecular flexibility index (Phi) is 3.67. The third-order valence-electron chi connectivity index (χ3n) is 2.89. The van der Waals surface area contributed by atoms with Gasteiger partial charge in [-0.05, 0) is 25.3 Å². The van der Waals surface area contributed by atoms with Crippen LogP contribution in [0.4, 0.5) is 0 Å². The molecule has 1 aromatic heterocycles. The molecule has 0 saturated heterocycles. The maximum absolute atomic E-state index is 4.09. The van der Waals surface area contributed by atoms with E-state index in [-0.39, 0.29) is 0 Å². The Morgan fingerprint density at radius 1 is 1.40 bits per heavy atom. The van der Waals surface area contributed by atoms with Crippen molar-refractivity contribution in [1.82, 2.24) is 15.3 Å². The van der Waals surface area contributed by atoms with Crippen LogP contribution in [0.1, 0.15) is 44.2 Å². The van der Waals surface area contributed by atoms with Gasteiger partial charge in [0.05, 0.1) is 0 Å². The van der Waals surface area contributed by atoms with Gasteiger partial charge < -0.3 is 5.32 Å². The van der Waals surface area contributed by atoms with E-state index in [4.69, 9.17) is 0 Å². The van der Waals surface area contributed by atoms with Crippen LogP contribution in [0.15, 0.2) is 18.7 Å². The predicted molar refractivity (Wildman–Crippen MR) is 60.4 cm³/mol. The number of aromatic nitrogens is 2. The number of nitrogens with zero attached hydrogens (tertiary/aromatic N) is 2. The maximum Gasteiger partial charge on any atom is 0.115 e. The van der Waals surface area contributed by atoms with Crippen LogP contribution in [0.5, 0.6) is 0 Å². The van der Waals surface area contributed by atoms with Crippen molar-refractivity contribution >= 4 is 0 Å². The molecule has 1 fully saturated rings. The minimum Gasteiger partial charge on any atom is -0.310 e. The van der Waals surface area contributed by atoms with Crippen LogP contribution in [-0.2, 0) is 0 Å². The van der Waals surface area contributed by atoms with Gasteiger partial charge >= 0.3 is 0 Å². The van der Waals surface area contributed by atoms with Crippen LogP contribution in [0.25, 0.3) is 0 Å². The molecule has 1 heterocycles. The lowest BCUT2D eigenvalue weighted by molar-refractivity contribution is 0.471. The molecule has 1 aliphatic carbocycles. The third-order valence-corrected chi connectivity index (χ3v) is 2.89. The molecule has 1 saturated carbocycles. The van der Waals surface area contributed by atoms with Crippen molar-refractivity contribution in [2.24, 2.45) is 5.92 Å². The van der Waals surface area contributed by atoms with Crippen molar-refractivity contribution in [3.63, 3.8) is 0 Å². The fourth-order valence-corrected chi connectivity index (χ4v) is 1.83. The average Bonchev–Trinajstić information content (AvgIpc) is 3.09. The molecule has 1 aliphatic rings. The van der Waals surface area contributed by atoms with E-state index in [1.165, 1.54) is 31.2 Å². The Bertz CT molecular complexity index is 282.